The maximum absolute atomic E-state index is 11.7. The van der Waals surface area contributed by atoms with Crippen LogP contribution < -0.4 is 0 Å². The average Bonchev–Trinajstić information content (AvgIpc) is 2.99. The summed E-state index contributed by atoms with van der Waals surface area (Å²) >= 11 is 0. The predicted molar refractivity (Wildman–Crippen MR) is 60.5 cm³/mol. The number of rotatable bonds is 6. The van der Waals surface area contributed by atoms with Gasteiger partial charge in [-0.15, -0.1) is 0 Å². The zero-order chi connectivity index (χ0) is 12.3. The number of hydrogen-bond donors (Lipinski definition) is 1. The third kappa shape index (κ3) is 3.30. The van der Waals surface area contributed by atoms with E-state index in [2.05, 4.69) is 0 Å². The van der Waals surface area contributed by atoms with Gasteiger partial charge in [0.2, 0.25) is 5.91 Å². The Morgan fingerprint density at radius 3 is 2.44 bits per heavy atom. The number of hydrogen-bond acceptors (Lipinski definition) is 3. The molecule has 0 aromatic carbocycles. The van der Waals surface area contributed by atoms with Gasteiger partial charge in [0.1, 0.15) is 11.0 Å². The van der Waals surface area contributed by atoms with Crippen molar-refractivity contribution in [1.82, 2.24) is 4.90 Å². The number of aliphatic carboxylic acids is 1. The van der Waals surface area contributed by atoms with Crippen LogP contribution in [0.25, 0.3) is 0 Å². The minimum absolute atomic E-state index is 0.183. The van der Waals surface area contributed by atoms with Crippen molar-refractivity contribution in [3.63, 3.8) is 0 Å². The highest BCUT2D eigenvalue weighted by Crippen LogP contribution is 2.25. The van der Waals surface area contributed by atoms with Crippen LogP contribution in [0.3, 0.4) is 0 Å². The van der Waals surface area contributed by atoms with Gasteiger partial charge in [0, 0.05) is 23.9 Å². The number of carboxylic acids is 1. The molecule has 0 saturated heterocycles. The van der Waals surface area contributed by atoms with E-state index in [4.69, 9.17) is 5.11 Å². The molecule has 1 saturated carbocycles. The summed E-state index contributed by atoms with van der Waals surface area (Å²) in [5, 5.41) is 7.86. The van der Waals surface area contributed by atoms with Crippen molar-refractivity contribution >= 4 is 22.7 Å². The quantitative estimate of drug-likeness (QED) is 0.728. The van der Waals surface area contributed by atoms with E-state index in [-0.39, 0.29) is 24.1 Å². The third-order valence-electron chi connectivity index (χ3n) is 2.72. The van der Waals surface area contributed by atoms with Crippen molar-refractivity contribution in [2.45, 2.75) is 37.5 Å². The Labute approximate surface area is 97.3 Å². The molecule has 1 aliphatic carbocycles. The van der Waals surface area contributed by atoms with Gasteiger partial charge in [-0.25, -0.2) is 0 Å². The van der Waals surface area contributed by atoms with E-state index in [0.29, 0.717) is 0 Å². The zero-order valence-electron chi connectivity index (χ0n) is 9.51. The molecule has 92 valence electrons. The van der Waals surface area contributed by atoms with Crippen molar-refractivity contribution in [3.05, 3.63) is 0 Å². The summed E-state index contributed by atoms with van der Waals surface area (Å²) in [6.07, 6.45) is 2.26. The second-order valence-corrected chi connectivity index (χ2v) is 5.62. The number of carboxylic acid groups (broad SMARTS) is 1. The Morgan fingerprint density at radius 2 is 2.06 bits per heavy atom. The standard InChI is InChI=1S/C10H17NO4S/c1-3-8(10(13)14)16(15)6-9(12)11(2)7-4-5-7/h7-8H,3-6H2,1-2H3,(H,13,14). The van der Waals surface area contributed by atoms with Gasteiger partial charge in [0.25, 0.3) is 0 Å². The van der Waals surface area contributed by atoms with Gasteiger partial charge in [-0.1, -0.05) is 6.92 Å². The Morgan fingerprint density at radius 1 is 1.50 bits per heavy atom. The topological polar surface area (TPSA) is 74.7 Å². The van der Waals surface area contributed by atoms with Crippen molar-refractivity contribution in [2.75, 3.05) is 12.8 Å². The molecule has 0 bridgehead atoms. The molecule has 0 aromatic rings. The van der Waals surface area contributed by atoms with Crippen LogP contribution in [0.2, 0.25) is 0 Å². The van der Waals surface area contributed by atoms with Crippen LogP contribution in [0, 0.1) is 0 Å². The number of carbonyl (C=O) groups excluding carboxylic acids is 1. The molecular weight excluding hydrogens is 230 g/mol. The Kier molecular flexibility index (Phi) is 4.46. The Bertz CT molecular complexity index is 314. The summed E-state index contributed by atoms with van der Waals surface area (Å²) in [5.74, 6) is -1.50. The molecule has 2 atom stereocenters. The van der Waals surface area contributed by atoms with Gasteiger partial charge in [-0.05, 0) is 19.3 Å². The molecule has 1 amide bonds. The van der Waals surface area contributed by atoms with Crippen LogP contribution in [0.4, 0.5) is 0 Å². The monoisotopic (exact) mass is 247 g/mol. The summed E-state index contributed by atoms with van der Waals surface area (Å²) in [7, 11) is 0.0614. The van der Waals surface area contributed by atoms with Crippen molar-refractivity contribution in [1.29, 1.82) is 0 Å². The lowest BCUT2D eigenvalue weighted by molar-refractivity contribution is -0.136. The van der Waals surface area contributed by atoms with E-state index < -0.39 is 22.0 Å². The number of nitrogens with zero attached hydrogens (tertiary/aromatic N) is 1. The minimum Gasteiger partial charge on any atom is -0.480 e. The third-order valence-corrected chi connectivity index (χ3v) is 4.42. The van der Waals surface area contributed by atoms with E-state index in [1.165, 1.54) is 0 Å². The SMILES string of the molecule is CCC(C(=O)O)S(=O)CC(=O)N(C)C1CC1. The number of amides is 1. The predicted octanol–water partition coefficient (Wildman–Crippen LogP) is 0.219. The van der Waals surface area contributed by atoms with Gasteiger partial charge in [0.05, 0.1) is 0 Å². The normalized spacial score (nSPS) is 18.9. The first-order chi connectivity index (χ1) is 7.47. The molecule has 1 aliphatic rings. The molecule has 0 spiro atoms. The highest BCUT2D eigenvalue weighted by atomic mass is 32.2. The van der Waals surface area contributed by atoms with Crippen LogP contribution in [0.1, 0.15) is 26.2 Å². The van der Waals surface area contributed by atoms with Crippen molar-refractivity contribution in [2.24, 2.45) is 0 Å². The fourth-order valence-corrected chi connectivity index (χ4v) is 2.71. The van der Waals surface area contributed by atoms with Crippen LogP contribution in [0.15, 0.2) is 0 Å². The van der Waals surface area contributed by atoms with E-state index in [1.54, 1.807) is 18.9 Å². The highest BCUT2D eigenvalue weighted by Gasteiger charge is 2.32. The molecule has 6 heteroatoms. The smallest absolute Gasteiger partial charge is 0.319 e. The first kappa shape index (κ1) is 13.2. The summed E-state index contributed by atoms with van der Waals surface area (Å²) in [5.41, 5.74) is 0. The first-order valence-electron chi connectivity index (χ1n) is 5.33. The molecular formula is C10H17NO4S. The molecule has 1 rings (SSSR count). The van der Waals surface area contributed by atoms with Gasteiger partial charge >= 0.3 is 5.97 Å². The maximum atomic E-state index is 11.7. The molecule has 0 radical (unpaired) electrons. The fraction of sp³-hybridized carbons (Fsp3) is 0.800. The fourth-order valence-electron chi connectivity index (χ4n) is 1.46. The van der Waals surface area contributed by atoms with Crippen molar-refractivity contribution in [3.8, 4) is 0 Å². The molecule has 0 aliphatic heterocycles. The van der Waals surface area contributed by atoms with E-state index in [0.717, 1.165) is 12.8 Å². The average molecular weight is 247 g/mol. The second-order valence-electron chi connectivity index (χ2n) is 4.00. The summed E-state index contributed by atoms with van der Waals surface area (Å²) in [6.45, 7) is 1.66. The number of carbonyl (C=O) groups is 2. The first-order valence-corrected chi connectivity index (χ1v) is 6.71. The van der Waals surface area contributed by atoms with Gasteiger partial charge in [0.15, 0.2) is 0 Å². The Hall–Kier alpha value is -0.910. The Balaban J connectivity index is 2.48. The van der Waals surface area contributed by atoms with E-state index >= 15 is 0 Å². The highest BCUT2D eigenvalue weighted by molar-refractivity contribution is 7.87. The van der Waals surface area contributed by atoms with Crippen LogP contribution >= 0.6 is 0 Å². The van der Waals surface area contributed by atoms with Crippen LogP contribution in [-0.2, 0) is 20.4 Å². The molecule has 1 fully saturated rings. The molecule has 16 heavy (non-hydrogen) atoms. The summed E-state index contributed by atoms with van der Waals surface area (Å²) in [6, 6.07) is 0.273. The minimum atomic E-state index is -1.62. The zero-order valence-corrected chi connectivity index (χ0v) is 10.3. The van der Waals surface area contributed by atoms with Gasteiger partial charge in [-0.2, -0.15) is 0 Å². The lowest BCUT2D eigenvalue weighted by atomic mass is 10.3. The molecule has 0 heterocycles. The lowest BCUT2D eigenvalue weighted by Crippen LogP contribution is -2.36. The molecule has 1 N–H and O–H groups in total. The summed E-state index contributed by atoms with van der Waals surface area (Å²) < 4.78 is 11.7. The maximum Gasteiger partial charge on any atom is 0.319 e. The van der Waals surface area contributed by atoms with Gasteiger partial charge < -0.3 is 10.0 Å². The van der Waals surface area contributed by atoms with Crippen LogP contribution in [-0.4, -0.2) is 50.2 Å². The van der Waals surface area contributed by atoms with Crippen LogP contribution in [0.5, 0.6) is 0 Å². The summed E-state index contributed by atoms with van der Waals surface area (Å²) in [4.78, 5) is 23.9. The molecule has 0 aromatic heterocycles. The molecule has 2 unspecified atom stereocenters. The van der Waals surface area contributed by atoms with E-state index in [9.17, 15) is 13.8 Å². The molecule has 5 nitrogen and oxygen atoms in total. The van der Waals surface area contributed by atoms with Crippen molar-refractivity contribution < 1.29 is 18.9 Å². The largest absolute Gasteiger partial charge is 0.480 e. The lowest BCUT2D eigenvalue weighted by Gasteiger charge is -2.17. The second kappa shape index (κ2) is 5.43. The van der Waals surface area contributed by atoms with Gasteiger partial charge in [-0.3, -0.25) is 13.8 Å². The van der Waals surface area contributed by atoms with E-state index in [1.807, 2.05) is 0 Å².